The summed E-state index contributed by atoms with van der Waals surface area (Å²) in [6.07, 6.45) is 1.68. The first-order valence-corrected chi connectivity index (χ1v) is 7.00. The number of amides is 1. The Morgan fingerprint density at radius 1 is 1.30 bits per heavy atom. The van der Waals surface area contributed by atoms with Gasteiger partial charge < -0.3 is 10.7 Å². The van der Waals surface area contributed by atoms with Gasteiger partial charge in [0, 0.05) is 12.1 Å². The molecule has 8 nitrogen and oxygen atoms in total. The third-order valence-electron chi connectivity index (χ3n) is 3.24. The average molecular weight is 316 g/mol. The first-order chi connectivity index (χ1) is 11.0. The van der Waals surface area contributed by atoms with Crippen molar-refractivity contribution < 1.29 is 10.5 Å². The van der Waals surface area contributed by atoms with Crippen LogP contribution in [0.5, 0.6) is 0 Å². The first kappa shape index (κ1) is 16.4. The number of hydrogen-bond donors (Lipinski definition) is 4. The van der Waals surface area contributed by atoms with Gasteiger partial charge in [-0.25, -0.2) is 10.2 Å². The normalized spacial score (nSPS) is 12.3. The van der Waals surface area contributed by atoms with Gasteiger partial charge >= 0.3 is 5.69 Å². The van der Waals surface area contributed by atoms with Crippen LogP contribution in [0, 0.1) is 6.92 Å². The van der Waals surface area contributed by atoms with Crippen LogP contribution in [-0.4, -0.2) is 28.1 Å². The van der Waals surface area contributed by atoms with E-state index in [1.54, 1.807) is 6.92 Å². The summed E-state index contributed by atoms with van der Waals surface area (Å²) >= 11 is 0. The number of hydrazone groups is 1. The smallest absolute Gasteiger partial charge is 0.325 e. The van der Waals surface area contributed by atoms with E-state index in [1.807, 2.05) is 30.3 Å². The summed E-state index contributed by atoms with van der Waals surface area (Å²) in [5.74, 6) is -0.358. The van der Waals surface area contributed by atoms with E-state index in [0.29, 0.717) is 12.1 Å². The van der Waals surface area contributed by atoms with Crippen LogP contribution in [0.4, 0.5) is 0 Å². The number of aromatic amines is 2. The topological polar surface area (TPSA) is 135 Å². The Kier molecular flexibility index (Phi) is 5.21. The summed E-state index contributed by atoms with van der Waals surface area (Å²) in [6, 6.07) is 9.00. The molecule has 0 aliphatic heterocycles. The maximum Gasteiger partial charge on any atom is 0.325 e. The number of aryl methyl sites for hydroxylation is 1. The van der Waals surface area contributed by atoms with Crippen molar-refractivity contribution in [3.05, 3.63) is 68.0 Å². The molecule has 0 bridgehead atoms. The van der Waals surface area contributed by atoms with Crippen molar-refractivity contribution in [3.63, 3.8) is 0 Å². The number of rotatable bonds is 5. The third-order valence-corrected chi connectivity index (χ3v) is 3.24. The van der Waals surface area contributed by atoms with E-state index in [0.717, 1.165) is 5.56 Å². The number of carbonyl (C=O) groups excluding carboxylic acids is 1. The lowest BCUT2D eigenvalue weighted by Gasteiger charge is -2.06. The predicted molar refractivity (Wildman–Crippen MR) is 85.0 cm³/mol. The van der Waals surface area contributed by atoms with Gasteiger partial charge in [0.05, 0.1) is 11.8 Å². The molecule has 0 spiro atoms. The summed E-state index contributed by atoms with van der Waals surface area (Å²) in [6.45, 7) is 1.57. The molecule has 1 amide bonds. The van der Waals surface area contributed by atoms with Crippen molar-refractivity contribution in [2.75, 3.05) is 0 Å². The van der Waals surface area contributed by atoms with Gasteiger partial charge in [0.1, 0.15) is 0 Å². The molecule has 0 saturated heterocycles. The second kappa shape index (κ2) is 7.32. The van der Waals surface area contributed by atoms with Gasteiger partial charge in [-0.2, -0.15) is 5.10 Å². The molecule has 0 fully saturated rings. The molecule has 2 aromatic rings. The maximum absolute atomic E-state index is 11.9. The van der Waals surface area contributed by atoms with Gasteiger partial charge in [-0.15, -0.1) is 0 Å². The Labute approximate surface area is 131 Å². The summed E-state index contributed by atoms with van der Waals surface area (Å²) < 4.78 is 0. The van der Waals surface area contributed by atoms with Crippen LogP contribution < -0.4 is 22.4 Å². The standard InChI is InChI=1S/C15H17N5O3/c1-9-11(13(21)19-15(23)18-9)8-17-20-14(22)12(16)7-10-5-3-2-4-6-10/h2-6,8,12H,7,16H2,1H3,(H,20,22)(H2,18,19,21,23)/p+1/b17-8+. The molecule has 2 rings (SSSR count). The fourth-order valence-corrected chi connectivity index (χ4v) is 2.01. The molecule has 120 valence electrons. The number of nitrogens with one attached hydrogen (secondary N) is 3. The molecule has 6 N–H and O–H groups in total. The average Bonchev–Trinajstić information content (AvgIpc) is 2.50. The van der Waals surface area contributed by atoms with Gasteiger partial charge in [-0.3, -0.25) is 14.6 Å². The number of carbonyl (C=O) groups is 1. The minimum atomic E-state index is -0.589. The number of benzene rings is 1. The summed E-state index contributed by atoms with van der Waals surface area (Å²) in [7, 11) is 0. The lowest BCUT2D eigenvalue weighted by Crippen LogP contribution is -2.68. The van der Waals surface area contributed by atoms with Gasteiger partial charge in [-0.1, -0.05) is 30.3 Å². The fraction of sp³-hybridized carbons (Fsp3) is 0.200. The molecule has 1 aromatic heterocycles. The van der Waals surface area contributed by atoms with Crippen LogP contribution in [0.15, 0.2) is 45.0 Å². The monoisotopic (exact) mass is 316 g/mol. The highest BCUT2D eigenvalue weighted by atomic mass is 16.2. The van der Waals surface area contributed by atoms with E-state index in [2.05, 4.69) is 26.2 Å². The van der Waals surface area contributed by atoms with Crippen LogP contribution >= 0.6 is 0 Å². The van der Waals surface area contributed by atoms with Gasteiger partial charge in [0.15, 0.2) is 6.04 Å². The SMILES string of the molecule is Cc1[nH]c(=O)[nH]c(=O)c1/C=N/NC(=O)C([NH3+])Cc1ccccc1. The minimum Gasteiger partial charge on any atom is -0.347 e. The molecule has 1 unspecified atom stereocenters. The number of aromatic nitrogens is 2. The van der Waals surface area contributed by atoms with Crippen LogP contribution in [0.2, 0.25) is 0 Å². The Hall–Kier alpha value is -3.00. The predicted octanol–water partition coefficient (Wildman–Crippen LogP) is -1.33. The highest BCUT2D eigenvalue weighted by Crippen LogP contribution is 2.00. The second-order valence-corrected chi connectivity index (χ2v) is 5.07. The molecular weight excluding hydrogens is 298 g/mol. The molecule has 0 saturated carbocycles. The van der Waals surface area contributed by atoms with Crippen molar-refractivity contribution in [1.29, 1.82) is 0 Å². The number of hydrogen-bond acceptors (Lipinski definition) is 4. The molecule has 0 radical (unpaired) electrons. The number of quaternary nitrogens is 1. The third kappa shape index (κ3) is 4.48. The lowest BCUT2D eigenvalue weighted by molar-refractivity contribution is -0.403. The molecule has 0 aliphatic carbocycles. The highest BCUT2D eigenvalue weighted by Gasteiger charge is 2.17. The molecule has 0 aliphatic rings. The molecule has 1 atom stereocenters. The van der Waals surface area contributed by atoms with Gasteiger partial charge in [0.25, 0.3) is 11.5 Å². The minimum absolute atomic E-state index is 0.175. The van der Waals surface area contributed by atoms with E-state index in [-0.39, 0.29) is 11.5 Å². The van der Waals surface area contributed by atoms with Gasteiger partial charge in [0.2, 0.25) is 0 Å². The van der Waals surface area contributed by atoms with Crippen molar-refractivity contribution in [3.8, 4) is 0 Å². The Balaban J connectivity index is 1.99. The largest absolute Gasteiger partial charge is 0.347 e. The second-order valence-electron chi connectivity index (χ2n) is 5.07. The summed E-state index contributed by atoms with van der Waals surface area (Å²) in [5, 5.41) is 3.75. The van der Waals surface area contributed by atoms with Gasteiger partial charge in [-0.05, 0) is 12.5 Å². The quantitative estimate of drug-likeness (QED) is 0.402. The van der Waals surface area contributed by atoms with E-state index in [9.17, 15) is 14.4 Å². The van der Waals surface area contributed by atoms with Crippen molar-refractivity contribution in [2.24, 2.45) is 5.10 Å². The van der Waals surface area contributed by atoms with E-state index in [4.69, 9.17) is 0 Å². The van der Waals surface area contributed by atoms with Crippen LogP contribution in [0.3, 0.4) is 0 Å². The Morgan fingerprint density at radius 3 is 2.65 bits per heavy atom. The van der Waals surface area contributed by atoms with Crippen molar-refractivity contribution in [2.45, 2.75) is 19.4 Å². The molecule has 1 aromatic carbocycles. The fourth-order valence-electron chi connectivity index (χ4n) is 2.01. The highest BCUT2D eigenvalue weighted by molar-refractivity contribution is 5.84. The van der Waals surface area contributed by atoms with E-state index in [1.165, 1.54) is 6.21 Å². The van der Waals surface area contributed by atoms with Crippen LogP contribution in [-0.2, 0) is 11.2 Å². The summed E-state index contributed by atoms with van der Waals surface area (Å²) in [5.41, 5.74) is 6.53. The number of nitrogens with zero attached hydrogens (tertiary/aromatic N) is 1. The zero-order valence-corrected chi connectivity index (χ0v) is 12.6. The lowest BCUT2D eigenvalue weighted by atomic mass is 10.1. The van der Waals surface area contributed by atoms with E-state index < -0.39 is 17.3 Å². The Morgan fingerprint density at radius 2 is 2.00 bits per heavy atom. The molecule has 23 heavy (non-hydrogen) atoms. The van der Waals surface area contributed by atoms with Crippen molar-refractivity contribution >= 4 is 12.1 Å². The van der Waals surface area contributed by atoms with Crippen LogP contribution in [0.1, 0.15) is 16.8 Å². The molecule has 8 heteroatoms. The number of H-pyrrole nitrogens is 2. The zero-order valence-electron chi connectivity index (χ0n) is 12.6. The molecule has 1 heterocycles. The molecular formula is C15H18N5O3+. The maximum atomic E-state index is 11.9. The van der Waals surface area contributed by atoms with Crippen molar-refractivity contribution in [1.82, 2.24) is 15.4 Å². The Bertz CT molecular complexity index is 823. The zero-order chi connectivity index (χ0) is 16.8. The van der Waals surface area contributed by atoms with Crippen LogP contribution in [0.25, 0.3) is 0 Å². The first-order valence-electron chi connectivity index (χ1n) is 7.00. The van der Waals surface area contributed by atoms with E-state index >= 15 is 0 Å². The summed E-state index contributed by atoms with van der Waals surface area (Å²) in [4.78, 5) is 39.2.